The third kappa shape index (κ3) is 1.47. The molecule has 0 aliphatic rings. The van der Waals surface area contributed by atoms with E-state index in [1.165, 1.54) is 7.11 Å². The topological polar surface area (TPSA) is 44.1 Å². The molecular weight excluding hydrogens is 156 g/mol. The second-order valence-corrected chi connectivity index (χ2v) is 2.52. The molecule has 0 atom stereocenters. The Morgan fingerprint density at radius 1 is 1.75 bits per heavy atom. The summed E-state index contributed by atoms with van der Waals surface area (Å²) in [5, 5.41) is 3.99. The van der Waals surface area contributed by atoms with Crippen LogP contribution in [0.25, 0.3) is 0 Å². The number of ether oxygens (including phenoxy) is 1. The summed E-state index contributed by atoms with van der Waals surface area (Å²) >= 11 is 0. The summed E-state index contributed by atoms with van der Waals surface area (Å²) in [6.45, 7) is 1.98. The van der Waals surface area contributed by atoms with Crippen molar-refractivity contribution < 1.29 is 9.53 Å². The Morgan fingerprint density at radius 3 is 2.92 bits per heavy atom. The average molecular weight is 168 g/mol. The van der Waals surface area contributed by atoms with Crippen LogP contribution < -0.4 is 0 Å². The minimum absolute atomic E-state index is 0.368. The largest absolute Gasteiger partial charge is 0.464 e. The maximum absolute atomic E-state index is 11.1. The van der Waals surface area contributed by atoms with E-state index in [2.05, 4.69) is 9.84 Å². The van der Waals surface area contributed by atoms with Gasteiger partial charge in [-0.1, -0.05) is 6.92 Å². The number of aryl methyl sites for hydroxylation is 2. The normalized spacial score (nSPS) is 9.92. The Morgan fingerprint density at radius 2 is 2.42 bits per heavy atom. The van der Waals surface area contributed by atoms with Gasteiger partial charge in [0.25, 0.3) is 0 Å². The number of carbonyl (C=O) groups is 1. The maximum atomic E-state index is 11.1. The SMILES string of the molecule is CCc1cn(C)nc1C(=O)OC. The van der Waals surface area contributed by atoms with E-state index in [0.717, 1.165) is 12.0 Å². The molecule has 0 amide bonds. The van der Waals surface area contributed by atoms with E-state index in [1.807, 2.05) is 13.1 Å². The van der Waals surface area contributed by atoms with E-state index >= 15 is 0 Å². The number of carbonyl (C=O) groups excluding carboxylic acids is 1. The summed E-state index contributed by atoms with van der Waals surface area (Å²) < 4.78 is 6.19. The number of rotatable bonds is 2. The lowest BCUT2D eigenvalue weighted by atomic mass is 10.2. The lowest BCUT2D eigenvalue weighted by molar-refractivity contribution is 0.0592. The second kappa shape index (κ2) is 3.38. The van der Waals surface area contributed by atoms with Crippen LogP contribution in [0, 0.1) is 0 Å². The molecule has 0 aromatic carbocycles. The van der Waals surface area contributed by atoms with Crippen LogP contribution in [0.15, 0.2) is 6.20 Å². The van der Waals surface area contributed by atoms with E-state index in [4.69, 9.17) is 0 Å². The van der Waals surface area contributed by atoms with Crippen molar-refractivity contribution in [3.63, 3.8) is 0 Å². The van der Waals surface area contributed by atoms with Crippen molar-refractivity contribution in [1.29, 1.82) is 0 Å². The van der Waals surface area contributed by atoms with Crippen LogP contribution in [0.4, 0.5) is 0 Å². The summed E-state index contributed by atoms with van der Waals surface area (Å²) in [5.74, 6) is -0.368. The van der Waals surface area contributed by atoms with Gasteiger partial charge in [0.1, 0.15) is 0 Å². The van der Waals surface area contributed by atoms with Gasteiger partial charge >= 0.3 is 5.97 Å². The first-order valence-corrected chi connectivity index (χ1v) is 3.79. The quantitative estimate of drug-likeness (QED) is 0.612. The molecular formula is C8H12N2O2. The lowest BCUT2D eigenvalue weighted by Gasteiger charge is -1.95. The van der Waals surface area contributed by atoms with Crippen LogP contribution in [0.1, 0.15) is 23.0 Å². The molecule has 1 heterocycles. The van der Waals surface area contributed by atoms with Gasteiger partial charge in [-0.2, -0.15) is 5.10 Å². The van der Waals surface area contributed by atoms with Crippen LogP contribution >= 0.6 is 0 Å². The molecule has 1 rings (SSSR count). The first kappa shape index (κ1) is 8.77. The highest BCUT2D eigenvalue weighted by atomic mass is 16.5. The molecule has 1 aromatic rings. The first-order valence-electron chi connectivity index (χ1n) is 3.79. The fraction of sp³-hybridized carbons (Fsp3) is 0.500. The Hall–Kier alpha value is -1.32. The fourth-order valence-electron chi connectivity index (χ4n) is 1.06. The van der Waals surface area contributed by atoms with Gasteiger partial charge < -0.3 is 4.74 Å². The second-order valence-electron chi connectivity index (χ2n) is 2.52. The zero-order valence-electron chi connectivity index (χ0n) is 7.50. The van der Waals surface area contributed by atoms with E-state index < -0.39 is 0 Å². The molecule has 1 aromatic heterocycles. The third-order valence-electron chi connectivity index (χ3n) is 1.66. The molecule has 0 bridgehead atoms. The van der Waals surface area contributed by atoms with Crippen LogP contribution in [0.3, 0.4) is 0 Å². The number of nitrogens with zero attached hydrogens (tertiary/aromatic N) is 2. The summed E-state index contributed by atoms with van der Waals surface area (Å²) in [7, 11) is 3.14. The van der Waals surface area contributed by atoms with Crippen molar-refractivity contribution in [2.45, 2.75) is 13.3 Å². The predicted octanol–water partition coefficient (Wildman–Crippen LogP) is 0.769. The summed E-state index contributed by atoms with van der Waals surface area (Å²) in [5.41, 5.74) is 1.34. The molecule has 0 N–H and O–H groups in total. The van der Waals surface area contributed by atoms with Gasteiger partial charge in [-0.25, -0.2) is 4.79 Å². The minimum atomic E-state index is -0.368. The molecule has 0 fully saturated rings. The van der Waals surface area contributed by atoms with Crippen molar-refractivity contribution in [3.05, 3.63) is 17.5 Å². The van der Waals surface area contributed by atoms with Crippen LogP contribution in [-0.4, -0.2) is 22.9 Å². The predicted molar refractivity (Wildman–Crippen MR) is 43.9 cm³/mol. The van der Waals surface area contributed by atoms with Gasteiger partial charge in [0.15, 0.2) is 5.69 Å². The minimum Gasteiger partial charge on any atom is -0.464 e. The standard InChI is InChI=1S/C8H12N2O2/c1-4-6-5-10(2)9-7(6)8(11)12-3/h5H,4H2,1-3H3. The molecule has 12 heavy (non-hydrogen) atoms. The van der Waals surface area contributed by atoms with Gasteiger partial charge in [0.2, 0.25) is 0 Å². The van der Waals surface area contributed by atoms with Gasteiger partial charge in [-0.3, -0.25) is 4.68 Å². The van der Waals surface area contributed by atoms with Crippen molar-refractivity contribution in [2.24, 2.45) is 7.05 Å². The van der Waals surface area contributed by atoms with Crippen molar-refractivity contribution in [3.8, 4) is 0 Å². The van der Waals surface area contributed by atoms with Gasteiger partial charge in [-0.15, -0.1) is 0 Å². The Balaban J connectivity index is 3.04. The molecule has 66 valence electrons. The van der Waals surface area contributed by atoms with Crippen molar-refractivity contribution in [2.75, 3.05) is 7.11 Å². The average Bonchev–Trinajstić information content (AvgIpc) is 2.45. The molecule has 4 nitrogen and oxygen atoms in total. The van der Waals surface area contributed by atoms with Crippen LogP contribution in [0.5, 0.6) is 0 Å². The number of esters is 1. The highest BCUT2D eigenvalue weighted by Crippen LogP contribution is 2.07. The number of hydrogen-bond donors (Lipinski definition) is 0. The van der Waals surface area contributed by atoms with Crippen LogP contribution in [-0.2, 0) is 18.2 Å². The zero-order valence-corrected chi connectivity index (χ0v) is 7.50. The summed E-state index contributed by atoms with van der Waals surface area (Å²) in [6, 6.07) is 0. The molecule has 0 unspecified atom stereocenters. The van der Waals surface area contributed by atoms with Gasteiger partial charge in [0.05, 0.1) is 7.11 Å². The number of methoxy groups -OCH3 is 1. The van der Waals surface area contributed by atoms with E-state index in [9.17, 15) is 4.79 Å². The molecule has 0 saturated carbocycles. The first-order chi connectivity index (χ1) is 5.69. The molecule has 0 radical (unpaired) electrons. The van der Waals surface area contributed by atoms with E-state index in [1.54, 1.807) is 11.7 Å². The number of hydrogen-bond acceptors (Lipinski definition) is 3. The lowest BCUT2D eigenvalue weighted by Crippen LogP contribution is -2.05. The molecule has 0 aliphatic carbocycles. The Labute approximate surface area is 71.1 Å². The molecule has 0 saturated heterocycles. The van der Waals surface area contributed by atoms with E-state index in [0.29, 0.717) is 5.69 Å². The number of aromatic nitrogens is 2. The summed E-state index contributed by atoms with van der Waals surface area (Å²) in [4.78, 5) is 11.1. The smallest absolute Gasteiger partial charge is 0.358 e. The molecule has 0 spiro atoms. The van der Waals surface area contributed by atoms with Crippen LogP contribution in [0.2, 0.25) is 0 Å². The highest BCUT2D eigenvalue weighted by molar-refractivity contribution is 5.88. The monoisotopic (exact) mass is 168 g/mol. The van der Waals surface area contributed by atoms with Crippen molar-refractivity contribution in [1.82, 2.24) is 9.78 Å². The molecule has 4 heteroatoms. The third-order valence-corrected chi connectivity index (χ3v) is 1.66. The summed E-state index contributed by atoms with van der Waals surface area (Å²) in [6.07, 6.45) is 2.62. The van der Waals surface area contributed by atoms with Gasteiger partial charge in [0, 0.05) is 18.8 Å². The Kier molecular flexibility index (Phi) is 2.47. The highest BCUT2D eigenvalue weighted by Gasteiger charge is 2.14. The molecule has 0 aliphatic heterocycles. The zero-order chi connectivity index (χ0) is 9.14. The van der Waals surface area contributed by atoms with Gasteiger partial charge in [-0.05, 0) is 6.42 Å². The van der Waals surface area contributed by atoms with Crippen molar-refractivity contribution >= 4 is 5.97 Å². The fourth-order valence-corrected chi connectivity index (χ4v) is 1.06. The maximum Gasteiger partial charge on any atom is 0.358 e. The van der Waals surface area contributed by atoms with E-state index in [-0.39, 0.29) is 5.97 Å². The Bertz CT molecular complexity index is 291.